The van der Waals surface area contributed by atoms with Crippen LogP contribution in [-0.2, 0) is 9.59 Å². The molecule has 0 aliphatic carbocycles. The van der Waals surface area contributed by atoms with Crippen molar-refractivity contribution in [3.63, 3.8) is 0 Å². The molecule has 2 aromatic rings. The lowest BCUT2D eigenvalue weighted by atomic mass is 9.94. The third kappa shape index (κ3) is 4.05. The molecule has 3 rings (SSSR count). The predicted octanol–water partition coefficient (Wildman–Crippen LogP) is 3.77. The molecule has 0 radical (unpaired) electrons. The summed E-state index contributed by atoms with van der Waals surface area (Å²) in [5, 5.41) is 21.1. The highest BCUT2D eigenvalue weighted by Crippen LogP contribution is 2.43. The van der Waals surface area contributed by atoms with Gasteiger partial charge in [-0.1, -0.05) is 13.0 Å². The number of hydrogen-bond acceptors (Lipinski definition) is 6. The van der Waals surface area contributed by atoms with Crippen LogP contribution in [0, 0.1) is 5.82 Å². The van der Waals surface area contributed by atoms with Crippen molar-refractivity contribution >= 4 is 17.4 Å². The summed E-state index contributed by atoms with van der Waals surface area (Å²) in [6.45, 7) is 4.17. The van der Waals surface area contributed by atoms with E-state index in [9.17, 15) is 24.2 Å². The van der Waals surface area contributed by atoms with E-state index in [-0.39, 0.29) is 34.9 Å². The van der Waals surface area contributed by atoms with Crippen molar-refractivity contribution in [2.45, 2.75) is 26.3 Å². The van der Waals surface area contributed by atoms with E-state index in [0.29, 0.717) is 18.6 Å². The third-order valence-corrected chi connectivity index (χ3v) is 5.02. The summed E-state index contributed by atoms with van der Waals surface area (Å²) >= 11 is 0. The topological polar surface area (TPSA) is 96.3 Å². The van der Waals surface area contributed by atoms with Gasteiger partial charge in [-0.15, -0.1) is 0 Å². The number of likely N-dealkylation sites (tertiary alicyclic amines) is 1. The fraction of sp³-hybridized carbons (Fsp3) is 0.304. The second-order valence-corrected chi connectivity index (χ2v) is 7.00. The highest BCUT2D eigenvalue weighted by atomic mass is 19.1. The van der Waals surface area contributed by atoms with Crippen LogP contribution in [0.1, 0.15) is 37.4 Å². The van der Waals surface area contributed by atoms with Crippen LogP contribution in [0.15, 0.2) is 42.0 Å². The van der Waals surface area contributed by atoms with Crippen molar-refractivity contribution in [3.8, 4) is 17.2 Å². The molecule has 1 fully saturated rings. The van der Waals surface area contributed by atoms with Gasteiger partial charge >= 0.3 is 0 Å². The first-order valence-corrected chi connectivity index (χ1v) is 9.92. The molecule has 0 spiro atoms. The zero-order valence-electron chi connectivity index (χ0n) is 17.5. The number of hydrogen-bond donors (Lipinski definition) is 2. The molecule has 1 amide bonds. The first-order valence-electron chi connectivity index (χ1n) is 9.92. The van der Waals surface area contributed by atoms with Crippen LogP contribution in [0.2, 0.25) is 0 Å². The van der Waals surface area contributed by atoms with Crippen molar-refractivity contribution < 1.29 is 33.7 Å². The van der Waals surface area contributed by atoms with Crippen molar-refractivity contribution in [2.75, 3.05) is 20.3 Å². The molecular weight excluding hydrogens is 405 g/mol. The number of benzene rings is 2. The Balaban J connectivity index is 2.25. The summed E-state index contributed by atoms with van der Waals surface area (Å²) in [5.74, 6) is -2.58. The minimum absolute atomic E-state index is 0.0363. The van der Waals surface area contributed by atoms with Crippen LogP contribution >= 0.6 is 0 Å². The van der Waals surface area contributed by atoms with Crippen LogP contribution in [0.25, 0.3) is 5.76 Å². The molecule has 0 bridgehead atoms. The van der Waals surface area contributed by atoms with E-state index >= 15 is 0 Å². The molecule has 0 aromatic heterocycles. The number of aliphatic hydroxyl groups excluding tert-OH is 1. The van der Waals surface area contributed by atoms with Crippen molar-refractivity contribution in [3.05, 3.63) is 58.9 Å². The van der Waals surface area contributed by atoms with E-state index in [1.807, 2.05) is 6.92 Å². The number of phenols is 1. The normalized spacial score (nSPS) is 17.8. The number of methoxy groups -OCH3 is 1. The lowest BCUT2D eigenvalue weighted by Gasteiger charge is -2.25. The van der Waals surface area contributed by atoms with Gasteiger partial charge < -0.3 is 24.6 Å². The SMILES string of the molecule is CCCN1C(=O)C(=O)/C(=C(/O)c2cc(F)ccc2OC)C1c1ccc(O)c(OCC)c1. The predicted molar refractivity (Wildman–Crippen MR) is 112 cm³/mol. The number of aromatic hydroxyl groups is 1. The first-order chi connectivity index (χ1) is 14.8. The summed E-state index contributed by atoms with van der Waals surface area (Å²) in [7, 11) is 1.35. The Hall–Kier alpha value is -3.55. The molecule has 2 aromatic carbocycles. The number of rotatable bonds is 7. The minimum Gasteiger partial charge on any atom is -0.507 e. The average molecular weight is 429 g/mol. The first kappa shape index (κ1) is 22.1. The standard InChI is InChI=1S/C23H24FNO6/c1-4-10-25-20(13-6-8-16(26)18(11-13)31-5-2)19(22(28)23(25)29)21(27)15-12-14(24)7-9-17(15)30-3/h6-9,11-12,20,26-27H,4-5,10H2,1-3H3/b21-19+. The lowest BCUT2D eigenvalue weighted by molar-refractivity contribution is -0.139. The minimum atomic E-state index is -0.937. The fourth-order valence-electron chi connectivity index (χ4n) is 3.68. The van der Waals surface area contributed by atoms with Gasteiger partial charge in [-0.25, -0.2) is 4.39 Å². The second kappa shape index (κ2) is 9.07. The summed E-state index contributed by atoms with van der Waals surface area (Å²) in [6, 6.07) is 7.07. The Morgan fingerprint density at radius 2 is 1.87 bits per heavy atom. The van der Waals surface area contributed by atoms with E-state index in [2.05, 4.69) is 0 Å². The summed E-state index contributed by atoms with van der Waals surface area (Å²) in [6.07, 6.45) is 0.573. The van der Waals surface area contributed by atoms with Crippen molar-refractivity contribution in [1.29, 1.82) is 0 Å². The maximum absolute atomic E-state index is 13.9. The highest BCUT2D eigenvalue weighted by molar-refractivity contribution is 6.46. The van der Waals surface area contributed by atoms with E-state index < -0.39 is 29.3 Å². The van der Waals surface area contributed by atoms with Crippen LogP contribution in [-0.4, -0.2) is 47.1 Å². The molecule has 0 saturated carbocycles. The van der Waals surface area contributed by atoms with E-state index in [1.165, 1.54) is 30.2 Å². The Morgan fingerprint density at radius 3 is 2.52 bits per heavy atom. The van der Waals surface area contributed by atoms with Gasteiger partial charge in [0.05, 0.1) is 30.9 Å². The Labute approximate surface area is 179 Å². The molecule has 164 valence electrons. The number of ketones is 1. The summed E-state index contributed by atoms with van der Waals surface area (Å²) in [5.41, 5.74) is 0.243. The molecule has 8 heteroatoms. The number of amides is 1. The fourth-order valence-corrected chi connectivity index (χ4v) is 3.68. The Kier molecular flexibility index (Phi) is 6.48. The average Bonchev–Trinajstić information content (AvgIpc) is 3.00. The maximum Gasteiger partial charge on any atom is 0.295 e. The Bertz CT molecular complexity index is 1050. The highest BCUT2D eigenvalue weighted by Gasteiger charge is 2.46. The van der Waals surface area contributed by atoms with Gasteiger partial charge in [0, 0.05) is 6.54 Å². The van der Waals surface area contributed by atoms with Gasteiger partial charge in [-0.2, -0.15) is 0 Å². The van der Waals surface area contributed by atoms with Gasteiger partial charge in [0.1, 0.15) is 17.3 Å². The molecular formula is C23H24FNO6. The van der Waals surface area contributed by atoms with Gasteiger partial charge in [-0.3, -0.25) is 9.59 Å². The third-order valence-electron chi connectivity index (χ3n) is 5.02. The number of Topliss-reactive ketones (excluding diaryl/α,β-unsaturated/α-hetero) is 1. The molecule has 1 unspecified atom stereocenters. The molecule has 1 aliphatic rings. The number of halogens is 1. The lowest BCUT2D eigenvalue weighted by Crippen LogP contribution is -2.30. The number of aliphatic hydroxyl groups is 1. The summed E-state index contributed by atoms with van der Waals surface area (Å²) < 4.78 is 24.5. The van der Waals surface area contributed by atoms with Crippen molar-refractivity contribution in [1.82, 2.24) is 4.90 Å². The maximum atomic E-state index is 13.9. The van der Waals surface area contributed by atoms with Crippen molar-refractivity contribution in [2.24, 2.45) is 0 Å². The number of ether oxygens (including phenoxy) is 2. The van der Waals surface area contributed by atoms with E-state index in [4.69, 9.17) is 9.47 Å². The van der Waals surface area contributed by atoms with Gasteiger partial charge in [-0.05, 0) is 49.2 Å². The van der Waals surface area contributed by atoms with Crippen LogP contribution < -0.4 is 9.47 Å². The second-order valence-electron chi connectivity index (χ2n) is 7.00. The van der Waals surface area contributed by atoms with Crippen LogP contribution in [0.3, 0.4) is 0 Å². The molecule has 2 N–H and O–H groups in total. The molecule has 1 saturated heterocycles. The quantitative estimate of drug-likeness (QED) is 0.395. The zero-order valence-corrected chi connectivity index (χ0v) is 17.5. The van der Waals surface area contributed by atoms with E-state index in [0.717, 1.165) is 12.1 Å². The van der Waals surface area contributed by atoms with Crippen LogP contribution in [0.4, 0.5) is 4.39 Å². The van der Waals surface area contributed by atoms with Gasteiger partial charge in [0.15, 0.2) is 11.5 Å². The smallest absolute Gasteiger partial charge is 0.295 e. The Morgan fingerprint density at radius 1 is 1.13 bits per heavy atom. The number of nitrogens with zero attached hydrogens (tertiary/aromatic N) is 1. The molecule has 1 atom stereocenters. The number of phenolic OH excluding ortho intramolecular Hbond substituents is 1. The molecule has 1 aliphatic heterocycles. The summed E-state index contributed by atoms with van der Waals surface area (Å²) in [4.78, 5) is 27.0. The zero-order chi connectivity index (χ0) is 22.7. The van der Waals surface area contributed by atoms with Gasteiger partial charge in [0.2, 0.25) is 0 Å². The van der Waals surface area contributed by atoms with Gasteiger partial charge in [0.25, 0.3) is 11.7 Å². The number of carbonyl (C=O) groups excluding carboxylic acids is 2. The number of carbonyl (C=O) groups is 2. The monoisotopic (exact) mass is 429 g/mol. The van der Waals surface area contributed by atoms with Crippen LogP contribution in [0.5, 0.6) is 17.2 Å². The molecule has 7 nitrogen and oxygen atoms in total. The largest absolute Gasteiger partial charge is 0.507 e. The van der Waals surface area contributed by atoms with E-state index in [1.54, 1.807) is 13.0 Å². The molecule has 31 heavy (non-hydrogen) atoms. The molecule has 1 heterocycles.